The number of nitrogens with zero attached hydrogens (tertiary/aromatic N) is 2. The predicted molar refractivity (Wildman–Crippen MR) is 229 cm³/mol. The van der Waals surface area contributed by atoms with Gasteiger partial charge in [0.25, 0.3) is 0 Å². The first-order valence-corrected chi connectivity index (χ1v) is 18.5. The molecular formula is C52H36N2. The molecule has 254 valence electrons. The summed E-state index contributed by atoms with van der Waals surface area (Å²) < 4.78 is 2.47. The monoisotopic (exact) mass is 688 g/mol. The maximum absolute atomic E-state index is 2.47. The number of hydrogen-bond acceptors (Lipinski definition) is 1. The van der Waals surface area contributed by atoms with Gasteiger partial charge in [-0.1, -0.05) is 158 Å². The molecule has 10 aromatic rings. The fraction of sp³-hybridized carbons (Fsp3) is 0. The first-order valence-electron chi connectivity index (χ1n) is 18.5. The molecule has 0 spiro atoms. The Bertz CT molecular complexity index is 2840. The summed E-state index contributed by atoms with van der Waals surface area (Å²) in [6.45, 7) is 0. The van der Waals surface area contributed by atoms with Crippen LogP contribution < -0.4 is 4.90 Å². The van der Waals surface area contributed by atoms with Gasteiger partial charge >= 0.3 is 0 Å². The number of rotatable bonds is 7. The van der Waals surface area contributed by atoms with Gasteiger partial charge in [0, 0.05) is 38.9 Å². The van der Waals surface area contributed by atoms with E-state index in [2.05, 4.69) is 228 Å². The minimum Gasteiger partial charge on any atom is -0.311 e. The van der Waals surface area contributed by atoms with Crippen LogP contribution in [0.4, 0.5) is 17.1 Å². The van der Waals surface area contributed by atoms with Crippen LogP contribution in [0.2, 0.25) is 0 Å². The van der Waals surface area contributed by atoms with Crippen molar-refractivity contribution in [1.29, 1.82) is 0 Å². The smallest absolute Gasteiger partial charge is 0.0625 e. The standard InChI is InChI=1S/C52H36N2/c1-5-15-37(16-6-1)38-25-27-40(28-26-38)49-35-42-17-13-14-24-47(42)52-51(49)48-34-31-41(36-50(48)54(52)45-22-11-4-12-23-45)39-29-32-46(33-30-39)53(43-18-7-2-8-19-43)44-20-9-3-10-21-44/h1-36H. The Morgan fingerprint density at radius 1 is 0.333 bits per heavy atom. The van der Waals surface area contributed by atoms with Crippen molar-refractivity contribution in [1.82, 2.24) is 4.57 Å². The lowest BCUT2D eigenvalue weighted by atomic mass is 9.93. The lowest BCUT2D eigenvalue weighted by Crippen LogP contribution is -2.09. The van der Waals surface area contributed by atoms with Crippen LogP contribution in [0.5, 0.6) is 0 Å². The van der Waals surface area contributed by atoms with Crippen LogP contribution in [0.3, 0.4) is 0 Å². The molecule has 0 aliphatic heterocycles. The first-order chi connectivity index (χ1) is 26.8. The Kier molecular flexibility index (Phi) is 7.85. The van der Waals surface area contributed by atoms with E-state index in [0.29, 0.717) is 0 Å². The van der Waals surface area contributed by atoms with Crippen molar-refractivity contribution in [3.05, 3.63) is 218 Å². The highest BCUT2D eigenvalue weighted by molar-refractivity contribution is 6.24. The van der Waals surface area contributed by atoms with Crippen LogP contribution in [0, 0.1) is 0 Å². The maximum atomic E-state index is 2.47. The van der Waals surface area contributed by atoms with Crippen molar-refractivity contribution in [2.45, 2.75) is 0 Å². The molecule has 0 aliphatic carbocycles. The fourth-order valence-corrected chi connectivity index (χ4v) is 8.01. The molecule has 0 saturated carbocycles. The first kappa shape index (κ1) is 31.6. The second-order valence-corrected chi connectivity index (χ2v) is 13.8. The van der Waals surface area contributed by atoms with Crippen LogP contribution in [0.25, 0.3) is 71.6 Å². The molecule has 2 nitrogen and oxygen atoms in total. The lowest BCUT2D eigenvalue weighted by molar-refractivity contribution is 1.19. The van der Waals surface area contributed by atoms with E-state index in [-0.39, 0.29) is 0 Å². The highest BCUT2D eigenvalue weighted by Crippen LogP contribution is 2.44. The van der Waals surface area contributed by atoms with Crippen LogP contribution in [-0.2, 0) is 0 Å². The lowest BCUT2D eigenvalue weighted by Gasteiger charge is -2.25. The van der Waals surface area contributed by atoms with Crippen LogP contribution in [0.15, 0.2) is 218 Å². The summed E-state index contributed by atoms with van der Waals surface area (Å²) in [7, 11) is 0. The molecule has 0 atom stereocenters. The minimum absolute atomic E-state index is 1.12. The van der Waals surface area contributed by atoms with E-state index in [0.717, 1.165) is 22.7 Å². The Balaban J connectivity index is 1.16. The summed E-state index contributed by atoms with van der Waals surface area (Å²) in [4.78, 5) is 2.30. The summed E-state index contributed by atoms with van der Waals surface area (Å²) in [5.41, 5.74) is 14.2. The summed E-state index contributed by atoms with van der Waals surface area (Å²) in [5.74, 6) is 0. The zero-order valence-corrected chi connectivity index (χ0v) is 29.7. The second kappa shape index (κ2) is 13.4. The third kappa shape index (κ3) is 5.53. The largest absolute Gasteiger partial charge is 0.311 e. The number of para-hydroxylation sites is 3. The Labute approximate surface area is 315 Å². The third-order valence-electron chi connectivity index (χ3n) is 10.6. The van der Waals surface area contributed by atoms with Crippen molar-refractivity contribution in [3.8, 4) is 39.1 Å². The van der Waals surface area contributed by atoms with E-state index in [9.17, 15) is 0 Å². The van der Waals surface area contributed by atoms with Crippen LogP contribution in [-0.4, -0.2) is 4.57 Å². The molecule has 0 N–H and O–H groups in total. The zero-order chi connectivity index (χ0) is 35.8. The van der Waals surface area contributed by atoms with Gasteiger partial charge in [0.05, 0.1) is 11.0 Å². The van der Waals surface area contributed by atoms with Gasteiger partial charge in [-0.15, -0.1) is 0 Å². The van der Waals surface area contributed by atoms with Crippen molar-refractivity contribution in [2.24, 2.45) is 0 Å². The van der Waals surface area contributed by atoms with Gasteiger partial charge in [0.2, 0.25) is 0 Å². The molecule has 1 heterocycles. The second-order valence-electron chi connectivity index (χ2n) is 13.8. The maximum Gasteiger partial charge on any atom is 0.0625 e. The topological polar surface area (TPSA) is 8.17 Å². The molecule has 10 rings (SSSR count). The highest BCUT2D eigenvalue weighted by Gasteiger charge is 2.20. The SMILES string of the molecule is c1ccc(-c2ccc(-c3cc4ccccc4c4c3c3ccc(-c5ccc(N(c6ccccc6)c6ccccc6)cc5)cc3n4-c3ccccc3)cc2)cc1. The molecule has 1 aromatic heterocycles. The molecule has 0 amide bonds. The minimum atomic E-state index is 1.12. The number of aromatic nitrogens is 1. The van der Waals surface area contributed by atoms with E-state index in [1.165, 1.54) is 66.0 Å². The molecule has 0 radical (unpaired) electrons. The molecular weight excluding hydrogens is 653 g/mol. The highest BCUT2D eigenvalue weighted by atomic mass is 15.1. The molecule has 0 saturated heterocycles. The van der Waals surface area contributed by atoms with Gasteiger partial charge in [0.1, 0.15) is 0 Å². The summed E-state index contributed by atoms with van der Waals surface area (Å²) in [6, 6.07) is 78.7. The normalized spacial score (nSPS) is 11.3. The van der Waals surface area contributed by atoms with E-state index < -0.39 is 0 Å². The number of anilines is 3. The van der Waals surface area contributed by atoms with E-state index >= 15 is 0 Å². The average molecular weight is 689 g/mol. The molecule has 54 heavy (non-hydrogen) atoms. The molecule has 0 bridgehead atoms. The van der Waals surface area contributed by atoms with E-state index in [4.69, 9.17) is 0 Å². The van der Waals surface area contributed by atoms with Gasteiger partial charge < -0.3 is 9.47 Å². The third-order valence-corrected chi connectivity index (χ3v) is 10.6. The van der Waals surface area contributed by atoms with Gasteiger partial charge in [-0.25, -0.2) is 0 Å². The van der Waals surface area contributed by atoms with E-state index in [1.807, 2.05) is 0 Å². The van der Waals surface area contributed by atoms with E-state index in [1.54, 1.807) is 0 Å². The Hall–Kier alpha value is -7.16. The van der Waals surface area contributed by atoms with Crippen molar-refractivity contribution < 1.29 is 0 Å². The molecule has 2 heteroatoms. The quantitative estimate of drug-likeness (QED) is 0.162. The number of fused-ring (bicyclic) bond motifs is 5. The number of benzene rings is 9. The van der Waals surface area contributed by atoms with Gasteiger partial charge in [0.15, 0.2) is 0 Å². The van der Waals surface area contributed by atoms with Crippen LogP contribution >= 0.6 is 0 Å². The summed E-state index contributed by atoms with van der Waals surface area (Å²) >= 11 is 0. The van der Waals surface area contributed by atoms with Gasteiger partial charge in [-0.3, -0.25) is 0 Å². The molecule has 0 aliphatic rings. The van der Waals surface area contributed by atoms with Gasteiger partial charge in [-0.05, 0) is 99.4 Å². The summed E-state index contributed by atoms with van der Waals surface area (Å²) in [5, 5.41) is 4.97. The molecule has 9 aromatic carbocycles. The Morgan fingerprint density at radius 2 is 0.815 bits per heavy atom. The molecule has 0 unspecified atom stereocenters. The predicted octanol–water partition coefficient (Wildman–Crippen LogP) is 14.4. The van der Waals surface area contributed by atoms with Crippen LogP contribution in [0.1, 0.15) is 0 Å². The average Bonchev–Trinajstić information content (AvgIpc) is 3.60. The zero-order valence-electron chi connectivity index (χ0n) is 29.7. The van der Waals surface area contributed by atoms with Crippen molar-refractivity contribution in [3.63, 3.8) is 0 Å². The molecule has 0 fully saturated rings. The van der Waals surface area contributed by atoms with Crippen molar-refractivity contribution >= 4 is 49.6 Å². The Morgan fingerprint density at radius 3 is 1.48 bits per heavy atom. The van der Waals surface area contributed by atoms with Gasteiger partial charge in [-0.2, -0.15) is 0 Å². The van der Waals surface area contributed by atoms with Crippen molar-refractivity contribution in [2.75, 3.05) is 4.90 Å². The fourth-order valence-electron chi connectivity index (χ4n) is 8.01. The number of hydrogen-bond donors (Lipinski definition) is 0. The summed E-state index contributed by atoms with van der Waals surface area (Å²) in [6.07, 6.45) is 0.